The fourth-order valence-corrected chi connectivity index (χ4v) is 2.33. The Morgan fingerprint density at radius 1 is 0.842 bits per heavy atom. The molecule has 2 aromatic rings. The van der Waals surface area contributed by atoms with E-state index in [2.05, 4.69) is 91.3 Å². The molecule has 0 saturated heterocycles. The van der Waals surface area contributed by atoms with Gasteiger partial charge in [0, 0.05) is 4.47 Å². The van der Waals surface area contributed by atoms with Crippen molar-refractivity contribution in [2.45, 2.75) is 26.2 Å². The van der Waals surface area contributed by atoms with Gasteiger partial charge in [0.05, 0.1) is 0 Å². The zero-order chi connectivity index (χ0) is 13.9. The van der Waals surface area contributed by atoms with E-state index in [4.69, 9.17) is 0 Å². The summed E-state index contributed by atoms with van der Waals surface area (Å²) in [4.78, 5) is 0. The SMILES string of the molecule is CC(C)(C)c1cccc(C=Cc2cccc(Br)c2)c1. The molecule has 98 valence electrons. The number of hydrogen-bond donors (Lipinski definition) is 0. The summed E-state index contributed by atoms with van der Waals surface area (Å²) < 4.78 is 1.11. The third kappa shape index (κ3) is 4.07. The molecule has 1 heteroatoms. The van der Waals surface area contributed by atoms with Gasteiger partial charge in [-0.15, -0.1) is 0 Å². The topological polar surface area (TPSA) is 0 Å². The lowest BCUT2D eigenvalue weighted by Crippen LogP contribution is -2.10. The van der Waals surface area contributed by atoms with Crippen LogP contribution in [0.3, 0.4) is 0 Å². The first-order valence-electron chi connectivity index (χ1n) is 6.49. The molecule has 0 spiro atoms. The first-order valence-corrected chi connectivity index (χ1v) is 7.29. The second-order valence-corrected chi connectivity index (χ2v) is 6.68. The molecule has 0 nitrogen and oxygen atoms in total. The van der Waals surface area contributed by atoms with Crippen LogP contribution >= 0.6 is 15.9 Å². The van der Waals surface area contributed by atoms with Crippen molar-refractivity contribution in [1.82, 2.24) is 0 Å². The average Bonchev–Trinajstić information content (AvgIpc) is 2.36. The van der Waals surface area contributed by atoms with Crippen molar-refractivity contribution < 1.29 is 0 Å². The van der Waals surface area contributed by atoms with E-state index in [-0.39, 0.29) is 5.41 Å². The van der Waals surface area contributed by atoms with E-state index in [1.807, 2.05) is 6.07 Å². The molecule has 2 rings (SSSR count). The van der Waals surface area contributed by atoms with Crippen molar-refractivity contribution in [2.24, 2.45) is 0 Å². The van der Waals surface area contributed by atoms with Crippen molar-refractivity contribution in [3.8, 4) is 0 Å². The van der Waals surface area contributed by atoms with E-state index in [1.54, 1.807) is 0 Å². The quantitative estimate of drug-likeness (QED) is 0.604. The summed E-state index contributed by atoms with van der Waals surface area (Å²) in [7, 11) is 0. The van der Waals surface area contributed by atoms with Crippen LogP contribution in [-0.4, -0.2) is 0 Å². The highest BCUT2D eigenvalue weighted by Gasteiger charge is 2.12. The average molecular weight is 315 g/mol. The number of rotatable bonds is 2. The Bertz CT molecular complexity index is 589. The highest BCUT2D eigenvalue weighted by Crippen LogP contribution is 2.23. The van der Waals surface area contributed by atoms with Crippen LogP contribution in [0.25, 0.3) is 12.2 Å². The van der Waals surface area contributed by atoms with Gasteiger partial charge in [0.25, 0.3) is 0 Å². The van der Waals surface area contributed by atoms with Gasteiger partial charge >= 0.3 is 0 Å². The van der Waals surface area contributed by atoms with Gasteiger partial charge in [0.2, 0.25) is 0 Å². The van der Waals surface area contributed by atoms with Crippen LogP contribution in [0, 0.1) is 0 Å². The molecule has 0 aromatic heterocycles. The maximum absolute atomic E-state index is 3.49. The normalized spacial score (nSPS) is 12.0. The summed E-state index contributed by atoms with van der Waals surface area (Å²) in [5, 5.41) is 0. The van der Waals surface area contributed by atoms with Gasteiger partial charge in [-0.1, -0.05) is 85.3 Å². The van der Waals surface area contributed by atoms with Crippen LogP contribution in [0.5, 0.6) is 0 Å². The Morgan fingerprint density at radius 3 is 2.00 bits per heavy atom. The lowest BCUT2D eigenvalue weighted by Gasteiger charge is -2.19. The molecular weight excluding hydrogens is 296 g/mol. The summed E-state index contributed by atoms with van der Waals surface area (Å²) in [5.41, 5.74) is 4.01. The molecule has 0 radical (unpaired) electrons. The molecule has 0 fully saturated rings. The number of hydrogen-bond acceptors (Lipinski definition) is 0. The summed E-state index contributed by atoms with van der Waals surface area (Å²) >= 11 is 3.49. The van der Waals surface area contributed by atoms with Crippen molar-refractivity contribution in [1.29, 1.82) is 0 Å². The van der Waals surface area contributed by atoms with E-state index < -0.39 is 0 Å². The number of halogens is 1. The third-order valence-electron chi connectivity index (χ3n) is 3.07. The second-order valence-electron chi connectivity index (χ2n) is 5.76. The van der Waals surface area contributed by atoms with Gasteiger partial charge in [-0.25, -0.2) is 0 Å². The maximum atomic E-state index is 3.49. The summed E-state index contributed by atoms with van der Waals surface area (Å²) in [6.45, 7) is 6.72. The predicted octanol–water partition coefficient (Wildman–Crippen LogP) is 5.92. The van der Waals surface area contributed by atoms with Crippen LogP contribution in [-0.2, 0) is 5.41 Å². The van der Waals surface area contributed by atoms with Crippen LogP contribution in [0.4, 0.5) is 0 Å². The van der Waals surface area contributed by atoms with Crippen molar-refractivity contribution >= 4 is 28.1 Å². The van der Waals surface area contributed by atoms with E-state index in [0.29, 0.717) is 0 Å². The minimum atomic E-state index is 0.194. The van der Waals surface area contributed by atoms with E-state index in [1.165, 1.54) is 16.7 Å². The van der Waals surface area contributed by atoms with Gasteiger partial charge in [0.15, 0.2) is 0 Å². The van der Waals surface area contributed by atoms with E-state index >= 15 is 0 Å². The fourth-order valence-electron chi connectivity index (χ4n) is 1.91. The van der Waals surface area contributed by atoms with Crippen LogP contribution in [0.2, 0.25) is 0 Å². The van der Waals surface area contributed by atoms with Gasteiger partial charge < -0.3 is 0 Å². The lowest BCUT2D eigenvalue weighted by atomic mass is 9.86. The maximum Gasteiger partial charge on any atom is 0.0181 e. The van der Waals surface area contributed by atoms with Crippen molar-refractivity contribution in [3.63, 3.8) is 0 Å². The largest absolute Gasteiger partial charge is 0.0614 e. The Hall–Kier alpha value is -1.34. The molecule has 0 aliphatic carbocycles. The van der Waals surface area contributed by atoms with Crippen LogP contribution in [0.1, 0.15) is 37.5 Å². The number of benzene rings is 2. The molecule has 2 aromatic carbocycles. The predicted molar refractivity (Wildman–Crippen MR) is 88.2 cm³/mol. The molecule has 0 heterocycles. The highest BCUT2D eigenvalue weighted by atomic mass is 79.9. The summed E-state index contributed by atoms with van der Waals surface area (Å²) in [5.74, 6) is 0. The Morgan fingerprint density at radius 2 is 1.42 bits per heavy atom. The molecular formula is C18H19Br. The monoisotopic (exact) mass is 314 g/mol. The first kappa shape index (κ1) is 14.1. The molecule has 0 saturated carbocycles. The molecule has 0 N–H and O–H groups in total. The summed E-state index contributed by atoms with van der Waals surface area (Å²) in [6, 6.07) is 17.0. The molecule has 0 aliphatic rings. The molecule has 0 amide bonds. The van der Waals surface area contributed by atoms with E-state index in [0.717, 1.165) is 4.47 Å². The summed E-state index contributed by atoms with van der Waals surface area (Å²) in [6.07, 6.45) is 4.31. The van der Waals surface area contributed by atoms with Crippen LogP contribution in [0.15, 0.2) is 53.0 Å². The van der Waals surface area contributed by atoms with E-state index in [9.17, 15) is 0 Å². The minimum Gasteiger partial charge on any atom is -0.0614 e. The second kappa shape index (κ2) is 5.75. The zero-order valence-electron chi connectivity index (χ0n) is 11.7. The molecule has 0 bridgehead atoms. The molecule has 0 unspecified atom stereocenters. The Labute approximate surface area is 124 Å². The van der Waals surface area contributed by atoms with Crippen molar-refractivity contribution in [3.05, 3.63) is 69.7 Å². The zero-order valence-corrected chi connectivity index (χ0v) is 13.2. The smallest absolute Gasteiger partial charge is 0.0181 e. The standard InChI is InChI=1S/C18H19Br/c1-18(2,3)16-8-4-6-14(12-16)10-11-15-7-5-9-17(19)13-15/h4-13H,1-3H3. The lowest BCUT2D eigenvalue weighted by molar-refractivity contribution is 0.590. The fraction of sp³-hybridized carbons (Fsp3) is 0.222. The van der Waals surface area contributed by atoms with Crippen molar-refractivity contribution in [2.75, 3.05) is 0 Å². The van der Waals surface area contributed by atoms with Crippen LogP contribution < -0.4 is 0 Å². The first-order chi connectivity index (χ1) is 8.95. The van der Waals surface area contributed by atoms with Gasteiger partial charge in [-0.3, -0.25) is 0 Å². The highest BCUT2D eigenvalue weighted by molar-refractivity contribution is 9.10. The minimum absolute atomic E-state index is 0.194. The molecule has 19 heavy (non-hydrogen) atoms. The van der Waals surface area contributed by atoms with Gasteiger partial charge in [-0.05, 0) is 34.2 Å². The Kier molecular flexibility index (Phi) is 4.26. The molecule has 0 aliphatic heterocycles. The Balaban J connectivity index is 2.24. The van der Waals surface area contributed by atoms with Gasteiger partial charge in [0.1, 0.15) is 0 Å². The third-order valence-corrected chi connectivity index (χ3v) is 3.56. The van der Waals surface area contributed by atoms with Gasteiger partial charge in [-0.2, -0.15) is 0 Å². The molecule has 0 atom stereocenters.